The zero-order valence-electron chi connectivity index (χ0n) is 12.8. The highest BCUT2D eigenvalue weighted by Crippen LogP contribution is 2.28. The number of hydrogen-bond donors (Lipinski definition) is 0. The van der Waals surface area contributed by atoms with Crippen molar-refractivity contribution in [3.8, 4) is 11.4 Å². The number of aromatic nitrogens is 2. The van der Waals surface area contributed by atoms with Crippen molar-refractivity contribution in [2.75, 3.05) is 18.8 Å². The van der Waals surface area contributed by atoms with Crippen molar-refractivity contribution in [2.24, 2.45) is 0 Å². The fraction of sp³-hybridized carbons (Fsp3) is 0.467. The van der Waals surface area contributed by atoms with E-state index in [0.717, 1.165) is 12.8 Å². The number of nitrogens with zero attached hydrogens (tertiary/aromatic N) is 3. The number of hydrogen-bond acceptors (Lipinski definition) is 5. The Hall–Kier alpha value is -1.80. The van der Waals surface area contributed by atoms with Crippen LogP contribution in [0.2, 0.25) is 0 Å². The average molecular weight is 339 g/mol. The molecule has 2 aromatic rings. The second-order valence-corrected chi connectivity index (χ2v) is 7.82. The summed E-state index contributed by atoms with van der Waals surface area (Å²) in [6.45, 7) is 2.53. The van der Waals surface area contributed by atoms with Crippen LogP contribution < -0.4 is 0 Å². The predicted octanol–water partition coefficient (Wildman–Crippen LogP) is 2.40. The minimum atomic E-state index is -3.21. The zero-order chi connectivity index (χ0) is 16.4. The van der Waals surface area contributed by atoms with Gasteiger partial charge >= 0.3 is 0 Å². The van der Waals surface area contributed by atoms with Crippen LogP contribution in [0.1, 0.15) is 31.6 Å². The molecule has 6 nitrogen and oxygen atoms in total. The molecular weight excluding hydrogens is 321 g/mol. The summed E-state index contributed by atoms with van der Waals surface area (Å²) in [6, 6.07) is 5.83. The van der Waals surface area contributed by atoms with Crippen LogP contribution in [0, 0.1) is 5.82 Å². The lowest BCUT2D eigenvalue weighted by molar-refractivity contribution is 0.266. The van der Waals surface area contributed by atoms with Gasteiger partial charge in [0, 0.05) is 18.7 Å². The molecule has 0 saturated carbocycles. The third-order valence-corrected chi connectivity index (χ3v) is 5.88. The lowest BCUT2D eigenvalue weighted by Gasteiger charge is -2.29. The molecule has 1 saturated heterocycles. The summed E-state index contributed by atoms with van der Waals surface area (Å²) in [4.78, 5) is 4.35. The van der Waals surface area contributed by atoms with Crippen LogP contribution in [-0.4, -0.2) is 41.7 Å². The number of benzene rings is 1. The first-order valence-corrected chi connectivity index (χ1v) is 9.18. The van der Waals surface area contributed by atoms with Crippen molar-refractivity contribution in [2.45, 2.75) is 25.7 Å². The molecule has 1 atom stereocenters. The van der Waals surface area contributed by atoms with Gasteiger partial charge in [-0.15, -0.1) is 0 Å². The summed E-state index contributed by atoms with van der Waals surface area (Å²) in [5.41, 5.74) is 0.662. The van der Waals surface area contributed by atoms with Crippen molar-refractivity contribution in [3.63, 3.8) is 0 Å². The Morgan fingerprint density at radius 2 is 2.09 bits per heavy atom. The quantitative estimate of drug-likeness (QED) is 0.855. The normalized spacial score (nSPS) is 19.8. The molecule has 1 aliphatic rings. The lowest BCUT2D eigenvalue weighted by atomic mass is 10.00. The molecular formula is C15H18FN3O3S. The van der Waals surface area contributed by atoms with Crippen molar-refractivity contribution in [1.29, 1.82) is 0 Å². The lowest BCUT2D eigenvalue weighted by Crippen LogP contribution is -2.39. The number of rotatable bonds is 4. The topological polar surface area (TPSA) is 76.3 Å². The molecule has 124 valence electrons. The van der Waals surface area contributed by atoms with E-state index in [9.17, 15) is 12.8 Å². The third-order valence-electron chi connectivity index (χ3n) is 4.04. The maximum absolute atomic E-state index is 13.0. The van der Waals surface area contributed by atoms with Crippen LogP contribution in [0.15, 0.2) is 28.8 Å². The molecule has 0 unspecified atom stereocenters. The van der Waals surface area contributed by atoms with Crippen LogP contribution in [0.4, 0.5) is 4.39 Å². The van der Waals surface area contributed by atoms with Crippen LogP contribution in [0.25, 0.3) is 11.4 Å². The minimum absolute atomic E-state index is 0.0877. The molecule has 0 radical (unpaired) electrons. The van der Waals surface area contributed by atoms with E-state index in [2.05, 4.69) is 10.1 Å². The Labute approximate surface area is 134 Å². The van der Waals surface area contributed by atoms with E-state index in [4.69, 9.17) is 4.52 Å². The van der Waals surface area contributed by atoms with Gasteiger partial charge in [-0.25, -0.2) is 17.1 Å². The molecule has 23 heavy (non-hydrogen) atoms. The van der Waals surface area contributed by atoms with Gasteiger partial charge in [0.2, 0.25) is 21.7 Å². The highest BCUT2D eigenvalue weighted by atomic mass is 32.2. The molecule has 1 fully saturated rings. The maximum atomic E-state index is 13.0. The number of piperidine rings is 1. The van der Waals surface area contributed by atoms with E-state index in [1.54, 1.807) is 19.1 Å². The van der Waals surface area contributed by atoms with Gasteiger partial charge in [0.1, 0.15) is 5.82 Å². The Balaban J connectivity index is 1.79. The molecule has 1 aliphatic heterocycles. The Bertz CT molecular complexity index is 774. The summed E-state index contributed by atoms with van der Waals surface area (Å²) < 4.78 is 43.8. The minimum Gasteiger partial charge on any atom is -0.339 e. The zero-order valence-corrected chi connectivity index (χ0v) is 13.6. The third kappa shape index (κ3) is 3.42. The SMILES string of the molecule is CCS(=O)(=O)N1CCC[C@@H](c2nc(-c3ccc(F)cc3)no2)C1. The molecule has 1 aromatic carbocycles. The van der Waals surface area contributed by atoms with E-state index in [1.807, 2.05) is 0 Å². The van der Waals surface area contributed by atoms with Crippen molar-refractivity contribution >= 4 is 10.0 Å². The highest BCUT2D eigenvalue weighted by molar-refractivity contribution is 7.89. The van der Waals surface area contributed by atoms with Crippen LogP contribution >= 0.6 is 0 Å². The highest BCUT2D eigenvalue weighted by Gasteiger charge is 2.31. The molecule has 3 rings (SSSR count). The molecule has 0 amide bonds. The molecule has 1 aromatic heterocycles. The van der Waals surface area contributed by atoms with Gasteiger partial charge in [0.15, 0.2) is 0 Å². The summed E-state index contributed by atoms with van der Waals surface area (Å²) in [7, 11) is -3.21. The summed E-state index contributed by atoms with van der Waals surface area (Å²) >= 11 is 0. The monoisotopic (exact) mass is 339 g/mol. The molecule has 0 N–H and O–H groups in total. The number of sulfonamides is 1. The standard InChI is InChI=1S/C15H18FN3O3S/c1-2-23(20,21)19-9-3-4-12(10-19)15-17-14(18-22-15)11-5-7-13(16)8-6-11/h5-8,12H,2-4,9-10H2,1H3/t12-/m1/s1. The fourth-order valence-corrected chi connectivity index (χ4v) is 3.88. The first kappa shape index (κ1) is 16.1. The average Bonchev–Trinajstić information content (AvgIpc) is 3.06. The van der Waals surface area contributed by atoms with Crippen molar-refractivity contribution < 1.29 is 17.3 Å². The van der Waals surface area contributed by atoms with E-state index >= 15 is 0 Å². The first-order valence-electron chi connectivity index (χ1n) is 7.57. The van der Waals surface area contributed by atoms with Gasteiger partial charge in [-0.05, 0) is 44.0 Å². The maximum Gasteiger partial charge on any atom is 0.231 e. The molecule has 0 aliphatic carbocycles. The molecule has 0 spiro atoms. The largest absolute Gasteiger partial charge is 0.339 e. The summed E-state index contributed by atoms with van der Waals surface area (Å²) in [6.07, 6.45) is 1.57. The van der Waals surface area contributed by atoms with E-state index < -0.39 is 10.0 Å². The van der Waals surface area contributed by atoms with Crippen molar-refractivity contribution in [3.05, 3.63) is 36.0 Å². The van der Waals surface area contributed by atoms with Gasteiger partial charge in [-0.1, -0.05) is 5.16 Å². The molecule has 8 heteroatoms. The Morgan fingerprint density at radius 3 is 2.78 bits per heavy atom. The molecule has 2 heterocycles. The summed E-state index contributed by atoms with van der Waals surface area (Å²) in [5, 5.41) is 3.92. The van der Waals surface area contributed by atoms with Crippen molar-refractivity contribution in [1.82, 2.24) is 14.4 Å². The molecule has 0 bridgehead atoms. The number of halogens is 1. The Kier molecular flexibility index (Phi) is 4.45. The van der Waals surface area contributed by atoms with Gasteiger partial charge in [0.25, 0.3) is 0 Å². The fourth-order valence-electron chi connectivity index (χ4n) is 2.70. The van der Waals surface area contributed by atoms with E-state index in [1.165, 1.54) is 16.4 Å². The summed E-state index contributed by atoms with van der Waals surface area (Å²) in [5.74, 6) is 0.470. The van der Waals surface area contributed by atoms with Crippen LogP contribution in [0.5, 0.6) is 0 Å². The predicted molar refractivity (Wildman–Crippen MR) is 82.7 cm³/mol. The van der Waals surface area contributed by atoms with E-state index in [0.29, 0.717) is 30.4 Å². The van der Waals surface area contributed by atoms with Crippen LogP contribution in [0.3, 0.4) is 0 Å². The second-order valence-electron chi connectivity index (χ2n) is 5.56. The second kappa shape index (κ2) is 6.37. The van der Waals surface area contributed by atoms with Crippen LogP contribution in [-0.2, 0) is 10.0 Å². The van der Waals surface area contributed by atoms with Gasteiger partial charge in [0.05, 0.1) is 11.7 Å². The van der Waals surface area contributed by atoms with Gasteiger partial charge in [-0.3, -0.25) is 0 Å². The smallest absolute Gasteiger partial charge is 0.231 e. The Morgan fingerprint density at radius 1 is 1.35 bits per heavy atom. The van der Waals surface area contributed by atoms with Gasteiger partial charge < -0.3 is 4.52 Å². The first-order chi connectivity index (χ1) is 11.0. The van der Waals surface area contributed by atoms with E-state index in [-0.39, 0.29) is 17.5 Å². The van der Waals surface area contributed by atoms with Gasteiger partial charge in [-0.2, -0.15) is 4.98 Å².